The highest BCUT2D eigenvalue weighted by Gasteiger charge is 2.42. The number of carbonyl (C=O) groups excluding carboxylic acids is 2. The minimum atomic E-state index is -0.399. The molecule has 2 aromatic carbocycles. The summed E-state index contributed by atoms with van der Waals surface area (Å²) in [6, 6.07) is 17.0. The molecule has 3 atom stereocenters. The number of nitrogens with two attached hydrogens (primary N) is 1. The zero-order valence-corrected chi connectivity index (χ0v) is 18.5. The molecule has 32 heavy (non-hydrogen) atoms. The summed E-state index contributed by atoms with van der Waals surface area (Å²) in [5, 5.41) is 10.4. The predicted octanol–water partition coefficient (Wildman–Crippen LogP) is 2.07. The SMILES string of the molecule is CN1CC[C@H](c2ccccc2)C[C@@H]1C(=O)N1CCC1C(=O)NCc1ccc(C(=N)N)cc1. The van der Waals surface area contributed by atoms with E-state index >= 15 is 0 Å². The number of hydrogen-bond donors (Lipinski definition) is 3. The van der Waals surface area contributed by atoms with Crippen LogP contribution in [-0.2, 0) is 16.1 Å². The molecular formula is C25H31N5O2. The van der Waals surface area contributed by atoms with Crippen LogP contribution in [0.1, 0.15) is 41.9 Å². The number of nitrogens with one attached hydrogen (secondary N) is 2. The molecule has 168 valence electrons. The third kappa shape index (κ3) is 4.67. The molecule has 7 heteroatoms. The lowest BCUT2D eigenvalue weighted by Crippen LogP contribution is -2.62. The fourth-order valence-corrected chi connectivity index (χ4v) is 4.62. The maximum atomic E-state index is 13.3. The van der Waals surface area contributed by atoms with Crippen molar-refractivity contribution in [1.82, 2.24) is 15.1 Å². The highest BCUT2D eigenvalue weighted by atomic mass is 16.2. The molecule has 0 bridgehead atoms. The van der Waals surface area contributed by atoms with E-state index in [4.69, 9.17) is 11.1 Å². The van der Waals surface area contributed by atoms with Crippen molar-refractivity contribution < 1.29 is 9.59 Å². The second-order valence-electron chi connectivity index (χ2n) is 8.79. The summed E-state index contributed by atoms with van der Waals surface area (Å²) >= 11 is 0. The van der Waals surface area contributed by atoms with Crippen molar-refractivity contribution in [3.8, 4) is 0 Å². The van der Waals surface area contributed by atoms with Gasteiger partial charge in [0, 0.05) is 18.7 Å². The Labute approximate surface area is 189 Å². The Morgan fingerprint density at radius 3 is 2.38 bits per heavy atom. The van der Waals surface area contributed by atoms with E-state index in [9.17, 15) is 9.59 Å². The third-order valence-electron chi connectivity index (χ3n) is 6.76. The number of rotatable bonds is 6. The first-order valence-electron chi connectivity index (χ1n) is 11.2. The summed E-state index contributed by atoms with van der Waals surface area (Å²) in [6.07, 6.45) is 2.52. The maximum Gasteiger partial charge on any atom is 0.243 e. The van der Waals surface area contributed by atoms with E-state index < -0.39 is 6.04 Å². The number of likely N-dealkylation sites (N-methyl/N-ethyl adjacent to an activating group) is 1. The fourth-order valence-electron chi connectivity index (χ4n) is 4.62. The standard InChI is InChI=1S/C25H31N5O2/c1-29-13-11-20(18-5-3-2-4-6-18)15-22(29)25(32)30-14-12-21(30)24(31)28-16-17-7-9-19(10-8-17)23(26)27/h2-10,20-22H,11-16H2,1H3,(H3,26,27)(H,28,31)/t20-,21?,22+/m0/s1. The van der Waals surface area contributed by atoms with Crippen LogP contribution < -0.4 is 11.1 Å². The summed E-state index contributed by atoms with van der Waals surface area (Å²) in [6.45, 7) is 1.89. The van der Waals surface area contributed by atoms with E-state index in [1.165, 1.54) is 5.56 Å². The summed E-state index contributed by atoms with van der Waals surface area (Å²) in [5.74, 6) is 0.336. The zero-order chi connectivity index (χ0) is 22.7. The number of amides is 2. The van der Waals surface area contributed by atoms with E-state index in [2.05, 4.69) is 22.3 Å². The number of piperidine rings is 1. The van der Waals surface area contributed by atoms with Gasteiger partial charge in [-0.1, -0.05) is 54.6 Å². The van der Waals surface area contributed by atoms with E-state index in [1.807, 2.05) is 37.4 Å². The number of nitrogen functional groups attached to an aromatic ring is 1. The van der Waals surface area contributed by atoms with Crippen LogP contribution in [0.5, 0.6) is 0 Å². The molecule has 2 heterocycles. The average molecular weight is 434 g/mol. The van der Waals surface area contributed by atoms with Crippen LogP contribution in [0.3, 0.4) is 0 Å². The smallest absolute Gasteiger partial charge is 0.243 e. The normalized spacial score (nSPS) is 23.3. The number of likely N-dealkylation sites (tertiary alicyclic amines) is 2. The van der Waals surface area contributed by atoms with Crippen molar-refractivity contribution in [3.05, 3.63) is 71.3 Å². The van der Waals surface area contributed by atoms with Gasteiger partial charge in [-0.15, -0.1) is 0 Å². The van der Waals surface area contributed by atoms with Gasteiger partial charge in [-0.05, 0) is 49.9 Å². The van der Waals surface area contributed by atoms with Gasteiger partial charge in [-0.25, -0.2) is 0 Å². The number of hydrogen-bond acceptors (Lipinski definition) is 4. The van der Waals surface area contributed by atoms with Crippen molar-refractivity contribution in [2.45, 2.75) is 43.8 Å². The fraction of sp³-hybridized carbons (Fsp3) is 0.400. The van der Waals surface area contributed by atoms with Gasteiger partial charge in [0.25, 0.3) is 0 Å². The van der Waals surface area contributed by atoms with Crippen LogP contribution in [0.4, 0.5) is 0 Å². The first-order valence-corrected chi connectivity index (χ1v) is 11.2. The molecule has 2 saturated heterocycles. The van der Waals surface area contributed by atoms with Crippen LogP contribution in [0.15, 0.2) is 54.6 Å². The molecule has 4 rings (SSSR count). The molecule has 2 aromatic rings. The number of nitrogens with zero attached hydrogens (tertiary/aromatic N) is 2. The van der Waals surface area contributed by atoms with E-state index in [0.29, 0.717) is 31.0 Å². The van der Waals surface area contributed by atoms with Crippen molar-refractivity contribution in [3.63, 3.8) is 0 Å². The zero-order valence-electron chi connectivity index (χ0n) is 18.5. The lowest BCUT2D eigenvalue weighted by atomic mass is 9.84. The molecule has 2 amide bonds. The molecule has 4 N–H and O–H groups in total. The molecule has 0 radical (unpaired) electrons. The van der Waals surface area contributed by atoms with Crippen LogP contribution in [0, 0.1) is 5.41 Å². The van der Waals surface area contributed by atoms with E-state index in [0.717, 1.165) is 24.9 Å². The minimum Gasteiger partial charge on any atom is -0.384 e. The van der Waals surface area contributed by atoms with Gasteiger partial charge < -0.3 is 16.0 Å². The Hall–Kier alpha value is -3.19. The molecule has 0 aromatic heterocycles. The Balaban J connectivity index is 1.34. The Morgan fingerprint density at radius 2 is 1.75 bits per heavy atom. The Bertz CT molecular complexity index is 976. The van der Waals surface area contributed by atoms with Gasteiger partial charge in [0.2, 0.25) is 11.8 Å². The number of carbonyl (C=O) groups is 2. The van der Waals surface area contributed by atoms with Crippen molar-refractivity contribution in [2.75, 3.05) is 20.1 Å². The molecule has 0 saturated carbocycles. The quantitative estimate of drug-likeness (QED) is 0.479. The number of amidine groups is 1. The van der Waals surface area contributed by atoms with Gasteiger partial charge in [0.05, 0.1) is 6.04 Å². The van der Waals surface area contributed by atoms with Crippen LogP contribution in [0.2, 0.25) is 0 Å². The summed E-state index contributed by atoms with van der Waals surface area (Å²) < 4.78 is 0. The van der Waals surface area contributed by atoms with Gasteiger partial charge in [-0.3, -0.25) is 19.9 Å². The van der Waals surface area contributed by atoms with Gasteiger partial charge in [0.1, 0.15) is 11.9 Å². The Morgan fingerprint density at radius 1 is 1.03 bits per heavy atom. The van der Waals surface area contributed by atoms with Crippen molar-refractivity contribution in [2.24, 2.45) is 5.73 Å². The molecular weight excluding hydrogens is 402 g/mol. The molecule has 2 aliphatic heterocycles. The maximum absolute atomic E-state index is 13.3. The lowest BCUT2D eigenvalue weighted by Gasteiger charge is -2.45. The second-order valence-corrected chi connectivity index (χ2v) is 8.79. The van der Waals surface area contributed by atoms with Crippen LogP contribution in [0.25, 0.3) is 0 Å². The number of benzene rings is 2. The van der Waals surface area contributed by atoms with Crippen molar-refractivity contribution >= 4 is 17.6 Å². The van der Waals surface area contributed by atoms with Gasteiger partial charge in [-0.2, -0.15) is 0 Å². The molecule has 7 nitrogen and oxygen atoms in total. The van der Waals surface area contributed by atoms with Crippen molar-refractivity contribution in [1.29, 1.82) is 5.41 Å². The summed E-state index contributed by atoms with van der Waals surface area (Å²) in [7, 11) is 2.00. The van der Waals surface area contributed by atoms with Crippen LogP contribution >= 0.6 is 0 Å². The molecule has 2 aliphatic rings. The first kappa shape index (κ1) is 22.0. The summed E-state index contributed by atoms with van der Waals surface area (Å²) in [5.41, 5.74) is 8.35. The third-order valence-corrected chi connectivity index (χ3v) is 6.76. The second kappa shape index (κ2) is 9.53. The lowest BCUT2D eigenvalue weighted by molar-refractivity contribution is -0.152. The summed E-state index contributed by atoms with van der Waals surface area (Å²) in [4.78, 5) is 30.0. The molecule has 1 unspecified atom stereocenters. The van der Waals surface area contributed by atoms with Crippen LogP contribution in [-0.4, -0.2) is 59.7 Å². The monoisotopic (exact) mass is 433 g/mol. The highest BCUT2D eigenvalue weighted by molar-refractivity contribution is 5.95. The largest absolute Gasteiger partial charge is 0.384 e. The minimum absolute atomic E-state index is 0.0198. The molecule has 2 fully saturated rings. The molecule has 0 aliphatic carbocycles. The Kier molecular flexibility index (Phi) is 6.55. The first-order chi connectivity index (χ1) is 15.4. The highest BCUT2D eigenvalue weighted by Crippen LogP contribution is 2.33. The van der Waals surface area contributed by atoms with E-state index in [1.54, 1.807) is 17.0 Å². The topological polar surface area (TPSA) is 103 Å². The molecule has 0 spiro atoms. The van der Waals surface area contributed by atoms with E-state index in [-0.39, 0.29) is 23.7 Å². The van der Waals surface area contributed by atoms with Gasteiger partial charge in [0.15, 0.2) is 0 Å². The average Bonchev–Trinajstić information content (AvgIpc) is 2.78. The van der Waals surface area contributed by atoms with Gasteiger partial charge >= 0.3 is 0 Å². The predicted molar refractivity (Wildman–Crippen MR) is 124 cm³/mol.